The van der Waals surface area contributed by atoms with Crippen molar-refractivity contribution in [3.63, 3.8) is 0 Å². The van der Waals surface area contributed by atoms with E-state index < -0.39 is 6.09 Å². The molecule has 35 heavy (non-hydrogen) atoms. The summed E-state index contributed by atoms with van der Waals surface area (Å²) in [5, 5.41) is 11.1. The summed E-state index contributed by atoms with van der Waals surface area (Å²) in [5.74, 6) is 0.626. The number of ether oxygens (including phenoxy) is 1. The van der Waals surface area contributed by atoms with Gasteiger partial charge >= 0.3 is 6.09 Å². The second-order valence-corrected chi connectivity index (χ2v) is 7.82. The third-order valence-corrected chi connectivity index (χ3v) is 5.66. The molecule has 0 atom stereocenters. The van der Waals surface area contributed by atoms with Gasteiger partial charge in [-0.25, -0.2) is 9.78 Å². The molecule has 10 nitrogen and oxygen atoms in total. The van der Waals surface area contributed by atoms with E-state index in [1.807, 2.05) is 36.4 Å². The Hall–Kier alpha value is -5.12. The van der Waals surface area contributed by atoms with Crippen LogP contribution in [0.3, 0.4) is 0 Å². The molecule has 0 bridgehead atoms. The first-order valence-corrected chi connectivity index (χ1v) is 10.7. The summed E-state index contributed by atoms with van der Waals surface area (Å²) in [4.78, 5) is 32.6. The average Bonchev–Trinajstić information content (AvgIpc) is 3.53. The number of H-pyrrole nitrogens is 2. The Bertz CT molecular complexity index is 1690. The maximum absolute atomic E-state index is 11.6. The summed E-state index contributed by atoms with van der Waals surface area (Å²) in [6.45, 7) is 0. The van der Waals surface area contributed by atoms with Gasteiger partial charge in [0.05, 0.1) is 36.2 Å². The highest BCUT2D eigenvalue weighted by molar-refractivity contribution is 5.98. The van der Waals surface area contributed by atoms with Crippen molar-refractivity contribution >= 4 is 33.7 Å². The SMILES string of the molecule is COC(=O)Nc1cncc(-c2ccc3[nH]nc(-c4nc5c(-c6cccnc6)cncc5[nH]4)c3c2)c1. The number of fused-ring (bicyclic) bond motifs is 2. The van der Waals surface area contributed by atoms with Gasteiger partial charge in [-0.3, -0.25) is 25.4 Å². The number of benzene rings is 1. The Balaban J connectivity index is 1.43. The maximum atomic E-state index is 11.6. The largest absolute Gasteiger partial charge is 0.453 e. The van der Waals surface area contributed by atoms with E-state index in [0.29, 0.717) is 17.2 Å². The summed E-state index contributed by atoms with van der Waals surface area (Å²) in [5.41, 5.74) is 7.26. The third-order valence-electron chi connectivity index (χ3n) is 5.66. The van der Waals surface area contributed by atoms with E-state index in [1.165, 1.54) is 7.11 Å². The Morgan fingerprint density at radius 1 is 0.914 bits per heavy atom. The van der Waals surface area contributed by atoms with E-state index in [-0.39, 0.29) is 0 Å². The summed E-state index contributed by atoms with van der Waals surface area (Å²) in [6, 6.07) is 11.6. The van der Waals surface area contributed by atoms with Crippen molar-refractivity contribution < 1.29 is 9.53 Å². The van der Waals surface area contributed by atoms with E-state index >= 15 is 0 Å². The number of aromatic nitrogens is 7. The van der Waals surface area contributed by atoms with Gasteiger partial charge in [0.15, 0.2) is 5.82 Å². The van der Waals surface area contributed by atoms with Crippen LogP contribution in [0.15, 0.2) is 73.6 Å². The van der Waals surface area contributed by atoms with Crippen LogP contribution in [-0.2, 0) is 4.74 Å². The number of hydrogen-bond donors (Lipinski definition) is 3. The predicted octanol–water partition coefficient (Wildman–Crippen LogP) is 4.80. The summed E-state index contributed by atoms with van der Waals surface area (Å²) in [6.07, 6.45) is 9.79. The van der Waals surface area contributed by atoms with Crippen LogP contribution in [-0.4, -0.2) is 48.3 Å². The fourth-order valence-corrected chi connectivity index (χ4v) is 3.99. The number of aromatic amines is 2. The lowest BCUT2D eigenvalue weighted by Crippen LogP contribution is -2.11. The number of anilines is 1. The monoisotopic (exact) mass is 462 g/mol. The van der Waals surface area contributed by atoms with Crippen LogP contribution in [0.4, 0.5) is 10.5 Å². The average molecular weight is 462 g/mol. The molecule has 0 aliphatic carbocycles. The van der Waals surface area contributed by atoms with Crippen LogP contribution in [0.5, 0.6) is 0 Å². The molecule has 0 aliphatic rings. The Morgan fingerprint density at radius 3 is 2.66 bits per heavy atom. The highest BCUT2D eigenvalue weighted by Gasteiger charge is 2.16. The lowest BCUT2D eigenvalue weighted by atomic mass is 10.0. The van der Waals surface area contributed by atoms with E-state index in [1.54, 1.807) is 37.2 Å². The molecule has 170 valence electrons. The summed E-state index contributed by atoms with van der Waals surface area (Å²) < 4.78 is 4.66. The lowest BCUT2D eigenvalue weighted by molar-refractivity contribution is 0.187. The molecule has 0 fully saturated rings. The summed E-state index contributed by atoms with van der Waals surface area (Å²) in [7, 11) is 1.31. The molecule has 0 aliphatic heterocycles. The fourth-order valence-electron chi connectivity index (χ4n) is 3.99. The number of rotatable bonds is 4. The van der Waals surface area contributed by atoms with Crippen LogP contribution in [0.25, 0.3) is 55.7 Å². The number of carbonyl (C=O) groups excluding carboxylic acids is 1. The van der Waals surface area contributed by atoms with Crippen molar-refractivity contribution in [2.75, 3.05) is 12.4 Å². The number of methoxy groups -OCH3 is 1. The van der Waals surface area contributed by atoms with Gasteiger partial charge < -0.3 is 9.72 Å². The Labute approximate surface area is 198 Å². The molecule has 0 unspecified atom stereocenters. The fraction of sp³-hybridized carbons (Fsp3) is 0.0400. The second-order valence-electron chi connectivity index (χ2n) is 7.82. The van der Waals surface area contributed by atoms with Crippen molar-refractivity contribution in [3.8, 4) is 33.8 Å². The highest BCUT2D eigenvalue weighted by Crippen LogP contribution is 2.32. The molecule has 3 N–H and O–H groups in total. The van der Waals surface area contributed by atoms with Gasteiger partial charge in [0.2, 0.25) is 0 Å². The molecule has 0 saturated carbocycles. The van der Waals surface area contributed by atoms with Gasteiger partial charge in [0.1, 0.15) is 11.2 Å². The minimum atomic E-state index is -0.554. The van der Waals surface area contributed by atoms with Crippen LogP contribution in [0, 0.1) is 0 Å². The minimum Gasteiger partial charge on any atom is -0.453 e. The molecule has 5 heterocycles. The molecule has 0 saturated heterocycles. The number of amides is 1. The van der Waals surface area contributed by atoms with Crippen LogP contribution < -0.4 is 5.32 Å². The van der Waals surface area contributed by atoms with Crippen LogP contribution in [0.2, 0.25) is 0 Å². The Morgan fingerprint density at radius 2 is 1.80 bits per heavy atom. The number of pyridine rings is 3. The standard InChI is InChI=1S/C25H18N8O2/c1-35-25(34)29-17-7-16(10-27-11-17)14-4-5-20-18(8-14)23(33-32-20)24-30-21-13-28-12-19(22(21)31-24)15-3-2-6-26-9-15/h2-13H,1H3,(H,29,34)(H,30,31)(H,32,33). The quantitative estimate of drug-likeness (QED) is 0.342. The topological polar surface area (TPSA) is 134 Å². The number of imidazole rings is 1. The van der Waals surface area contributed by atoms with E-state index in [2.05, 4.69) is 40.2 Å². The molecule has 0 spiro atoms. The van der Waals surface area contributed by atoms with Gasteiger partial charge in [-0.05, 0) is 29.8 Å². The van der Waals surface area contributed by atoms with E-state index in [0.717, 1.165) is 44.2 Å². The number of nitrogens with zero attached hydrogens (tertiary/aromatic N) is 5. The molecular formula is C25H18N8O2. The molecular weight excluding hydrogens is 444 g/mol. The molecule has 10 heteroatoms. The van der Waals surface area contributed by atoms with E-state index in [9.17, 15) is 4.79 Å². The molecule has 1 amide bonds. The molecule has 1 aromatic carbocycles. The van der Waals surface area contributed by atoms with Gasteiger partial charge in [-0.2, -0.15) is 5.10 Å². The second kappa shape index (κ2) is 8.34. The first kappa shape index (κ1) is 20.5. The molecule has 6 aromatic rings. The van der Waals surface area contributed by atoms with Crippen molar-refractivity contribution in [1.82, 2.24) is 35.1 Å². The zero-order chi connectivity index (χ0) is 23.8. The smallest absolute Gasteiger partial charge is 0.411 e. The normalized spacial score (nSPS) is 11.1. The highest BCUT2D eigenvalue weighted by atomic mass is 16.5. The summed E-state index contributed by atoms with van der Waals surface area (Å²) >= 11 is 0. The lowest BCUT2D eigenvalue weighted by Gasteiger charge is -2.06. The molecule has 0 radical (unpaired) electrons. The van der Waals surface area contributed by atoms with Gasteiger partial charge in [0.25, 0.3) is 0 Å². The van der Waals surface area contributed by atoms with Crippen molar-refractivity contribution in [2.24, 2.45) is 0 Å². The number of carbonyl (C=O) groups is 1. The first-order chi connectivity index (χ1) is 17.2. The molecule has 6 rings (SSSR count). The van der Waals surface area contributed by atoms with Crippen molar-refractivity contribution in [2.45, 2.75) is 0 Å². The van der Waals surface area contributed by atoms with Crippen molar-refractivity contribution in [3.05, 3.63) is 73.6 Å². The minimum absolute atomic E-state index is 0.537. The maximum Gasteiger partial charge on any atom is 0.411 e. The predicted molar refractivity (Wildman–Crippen MR) is 131 cm³/mol. The van der Waals surface area contributed by atoms with Gasteiger partial charge in [0, 0.05) is 46.9 Å². The zero-order valence-corrected chi connectivity index (χ0v) is 18.5. The first-order valence-electron chi connectivity index (χ1n) is 10.7. The number of hydrogen-bond acceptors (Lipinski definition) is 7. The van der Waals surface area contributed by atoms with Gasteiger partial charge in [-0.1, -0.05) is 12.1 Å². The Kier molecular flexibility index (Phi) is 4.88. The molecule has 5 aromatic heterocycles. The van der Waals surface area contributed by atoms with E-state index in [4.69, 9.17) is 4.98 Å². The van der Waals surface area contributed by atoms with Crippen LogP contribution >= 0.6 is 0 Å². The van der Waals surface area contributed by atoms with Crippen molar-refractivity contribution in [1.29, 1.82) is 0 Å². The van der Waals surface area contributed by atoms with Crippen LogP contribution in [0.1, 0.15) is 0 Å². The van der Waals surface area contributed by atoms with Gasteiger partial charge in [-0.15, -0.1) is 0 Å². The zero-order valence-electron chi connectivity index (χ0n) is 18.5. The third kappa shape index (κ3) is 3.72. The number of nitrogens with one attached hydrogen (secondary N) is 3.